The second-order valence-corrected chi connectivity index (χ2v) is 10.4. The molecule has 146 valence electrons. The zero-order chi connectivity index (χ0) is 19.9. The number of aromatic nitrogens is 1. The number of anilines is 1. The van der Waals surface area contributed by atoms with Gasteiger partial charge in [0, 0.05) is 4.88 Å². The molecule has 3 rings (SSSR count). The van der Waals surface area contributed by atoms with Crippen LogP contribution < -0.4 is 5.32 Å². The summed E-state index contributed by atoms with van der Waals surface area (Å²) in [6.45, 7) is 10.5. The molecule has 1 N–H and O–H groups in total. The summed E-state index contributed by atoms with van der Waals surface area (Å²) in [4.78, 5) is 31.3. The first-order valence-electron chi connectivity index (χ1n) is 9.10. The molecule has 1 aliphatic carbocycles. The first-order chi connectivity index (χ1) is 12.6. The van der Waals surface area contributed by atoms with E-state index in [-0.39, 0.29) is 17.3 Å². The van der Waals surface area contributed by atoms with Gasteiger partial charge in [0.25, 0.3) is 5.91 Å². The summed E-state index contributed by atoms with van der Waals surface area (Å²) < 4.78 is 5.02. The number of thiophene rings is 1. The van der Waals surface area contributed by atoms with Gasteiger partial charge in [0.1, 0.15) is 9.88 Å². The largest absolute Gasteiger partial charge is 0.465 e. The van der Waals surface area contributed by atoms with Crippen molar-refractivity contribution in [2.75, 3.05) is 12.4 Å². The van der Waals surface area contributed by atoms with Crippen LogP contribution in [-0.2, 0) is 17.6 Å². The Morgan fingerprint density at radius 3 is 2.48 bits per heavy atom. The molecular formula is C20H26N2O3S2. The van der Waals surface area contributed by atoms with Crippen LogP contribution in [0.4, 0.5) is 5.00 Å². The highest BCUT2D eigenvalue weighted by molar-refractivity contribution is 7.17. The van der Waals surface area contributed by atoms with Crippen LogP contribution in [-0.4, -0.2) is 24.0 Å². The highest BCUT2D eigenvalue weighted by Crippen LogP contribution is 2.44. The van der Waals surface area contributed by atoms with Crippen molar-refractivity contribution in [1.82, 2.24) is 4.98 Å². The van der Waals surface area contributed by atoms with Gasteiger partial charge in [-0.25, -0.2) is 9.78 Å². The molecule has 1 atom stereocenters. The van der Waals surface area contributed by atoms with Gasteiger partial charge in [-0.1, -0.05) is 20.8 Å². The van der Waals surface area contributed by atoms with Crippen molar-refractivity contribution in [1.29, 1.82) is 0 Å². The lowest BCUT2D eigenvalue weighted by atomic mass is 9.72. The highest BCUT2D eigenvalue weighted by Gasteiger charge is 2.34. The summed E-state index contributed by atoms with van der Waals surface area (Å²) in [6, 6.07) is 0. The average molecular weight is 407 g/mol. The molecule has 1 amide bonds. The number of fused-ring (bicyclic) bond motifs is 1. The van der Waals surface area contributed by atoms with E-state index < -0.39 is 0 Å². The molecule has 0 spiro atoms. The number of amides is 1. The zero-order valence-corrected chi connectivity index (χ0v) is 18.3. The lowest BCUT2D eigenvalue weighted by Crippen LogP contribution is -2.26. The Morgan fingerprint density at radius 2 is 1.93 bits per heavy atom. The summed E-state index contributed by atoms with van der Waals surface area (Å²) in [7, 11) is 1.38. The molecule has 0 saturated heterocycles. The number of hydrogen-bond acceptors (Lipinski definition) is 6. The maximum Gasteiger partial charge on any atom is 0.341 e. The molecule has 1 aliphatic rings. The maximum atomic E-state index is 12.8. The quantitative estimate of drug-likeness (QED) is 0.728. The smallest absolute Gasteiger partial charge is 0.341 e. The van der Waals surface area contributed by atoms with Crippen LogP contribution in [0.5, 0.6) is 0 Å². The number of nitrogens with zero attached hydrogens (tertiary/aromatic N) is 1. The van der Waals surface area contributed by atoms with Crippen molar-refractivity contribution in [3.05, 3.63) is 31.6 Å². The predicted molar refractivity (Wildman–Crippen MR) is 110 cm³/mol. The minimum Gasteiger partial charge on any atom is -0.465 e. The van der Waals surface area contributed by atoms with E-state index in [0.717, 1.165) is 29.8 Å². The fourth-order valence-corrected chi connectivity index (χ4v) is 5.76. The highest BCUT2D eigenvalue weighted by atomic mass is 32.1. The molecule has 0 aliphatic heterocycles. The normalized spacial score (nSPS) is 16.7. The number of methoxy groups -OCH3 is 1. The van der Waals surface area contributed by atoms with Gasteiger partial charge in [0.15, 0.2) is 0 Å². The lowest BCUT2D eigenvalue weighted by molar-refractivity contribution is 0.0600. The van der Waals surface area contributed by atoms with E-state index >= 15 is 0 Å². The van der Waals surface area contributed by atoms with Gasteiger partial charge >= 0.3 is 5.97 Å². The van der Waals surface area contributed by atoms with E-state index in [1.165, 1.54) is 34.7 Å². The number of esters is 1. The minimum atomic E-state index is -0.380. The van der Waals surface area contributed by atoms with Gasteiger partial charge in [-0.3, -0.25) is 4.79 Å². The average Bonchev–Trinajstić information content (AvgIpc) is 3.11. The van der Waals surface area contributed by atoms with Crippen molar-refractivity contribution in [2.24, 2.45) is 11.3 Å². The van der Waals surface area contributed by atoms with E-state index in [1.807, 2.05) is 13.8 Å². The van der Waals surface area contributed by atoms with Gasteiger partial charge < -0.3 is 10.1 Å². The number of hydrogen-bond donors (Lipinski definition) is 1. The molecular weight excluding hydrogens is 380 g/mol. The van der Waals surface area contributed by atoms with Gasteiger partial charge in [-0.05, 0) is 50.0 Å². The third kappa shape index (κ3) is 3.94. The summed E-state index contributed by atoms with van der Waals surface area (Å²) in [5.74, 6) is -0.0347. The zero-order valence-electron chi connectivity index (χ0n) is 16.7. The Morgan fingerprint density at radius 1 is 1.22 bits per heavy atom. The number of carbonyl (C=O) groups is 2. The lowest BCUT2D eigenvalue weighted by Gasteiger charge is -2.33. The Hall–Kier alpha value is -1.73. The fourth-order valence-electron chi connectivity index (χ4n) is 3.63. The molecule has 0 bridgehead atoms. The van der Waals surface area contributed by atoms with Crippen LogP contribution in [0.2, 0.25) is 0 Å². The Bertz CT molecular complexity index is 890. The number of ether oxygens (including phenoxy) is 1. The SMILES string of the molecule is COC(=O)c1c(NC(=O)c2sc(C)nc2C)sc2c1CCC(C(C)(C)C)C2. The summed E-state index contributed by atoms with van der Waals surface area (Å²) in [5.41, 5.74) is 2.49. The molecule has 27 heavy (non-hydrogen) atoms. The van der Waals surface area contributed by atoms with Crippen LogP contribution >= 0.6 is 22.7 Å². The van der Waals surface area contributed by atoms with Crippen molar-refractivity contribution in [3.8, 4) is 0 Å². The van der Waals surface area contributed by atoms with Crippen LogP contribution in [0.15, 0.2) is 0 Å². The van der Waals surface area contributed by atoms with Crippen LogP contribution in [0.1, 0.15) is 68.4 Å². The van der Waals surface area contributed by atoms with E-state index in [1.54, 1.807) is 0 Å². The predicted octanol–water partition coefficient (Wildman–Crippen LogP) is 5.01. The molecule has 5 nitrogen and oxygen atoms in total. The van der Waals surface area contributed by atoms with E-state index in [2.05, 4.69) is 31.1 Å². The minimum absolute atomic E-state index is 0.214. The van der Waals surface area contributed by atoms with Crippen molar-refractivity contribution in [3.63, 3.8) is 0 Å². The van der Waals surface area contributed by atoms with Gasteiger partial charge in [-0.2, -0.15) is 0 Å². The second-order valence-electron chi connectivity index (χ2n) is 8.11. The number of thiazole rings is 1. The molecule has 1 unspecified atom stereocenters. The van der Waals surface area contributed by atoms with Gasteiger partial charge in [0.05, 0.1) is 23.4 Å². The summed E-state index contributed by atoms with van der Waals surface area (Å²) >= 11 is 2.88. The Balaban J connectivity index is 1.96. The molecule has 2 aromatic heterocycles. The monoisotopic (exact) mass is 406 g/mol. The van der Waals surface area contributed by atoms with Gasteiger partial charge in [0.2, 0.25) is 0 Å². The standard InChI is InChI=1S/C20H26N2O3S2/c1-10-16(26-11(2)21-10)17(23)22-18-15(19(24)25-6)13-8-7-12(20(3,4)5)9-14(13)27-18/h12H,7-9H2,1-6H3,(H,22,23). The summed E-state index contributed by atoms with van der Waals surface area (Å²) in [6.07, 6.45) is 2.81. The number of rotatable bonds is 3. The third-order valence-corrected chi connectivity index (χ3v) is 7.46. The molecule has 7 heteroatoms. The van der Waals surface area contributed by atoms with Crippen LogP contribution in [0.25, 0.3) is 0 Å². The number of carbonyl (C=O) groups excluding carboxylic acids is 2. The number of nitrogens with one attached hydrogen (secondary N) is 1. The van der Waals surface area contributed by atoms with E-state index in [0.29, 0.717) is 27.1 Å². The van der Waals surface area contributed by atoms with Gasteiger partial charge in [-0.15, -0.1) is 22.7 Å². The number of aryl methyl sites for hydroxylation is 2. The second kappa shape index (κ2) is 7.36. The molecule has 0 fully saturated rings. The molecule has 0 radical (unpaired) electrons. The topological polar surface area (TPSA) is 68.3 Å². The maximum absolute atomic E-state index is 12.8. The first-order valence-corrected chi connectivity index (χ1v) is 10.7. The molecule has 2 aromatic rings. The van der Waals surface area contributed by atoms with Crippen molar-refractivity contribution < 1.29 is 14.3 Å². The summed E-state index contributed by atoms with van der Waals surface area (Å²) in [5, 5.41) is 4.40. The third-order valence-electron chi connectivity index (χ3n) is 5.22. The van der Waals surface area contributed by atoms with Crippen molar-refractivity contribution >= 4 is 39.6 Å². The van der Waals surface area contributed by atoms with Crippen LogP contribution in [0, 0.1) is 25.2 Å². The van der Waals surface area contributed by atoms with E-state index in [9.17, 15) is 9.59 Å². The Labute approximate surface area is 168 Å². The molecule has 2 heterocycles. The first kappa shape index (κ1) is 20.0. The molecule has 0 saturated carbocycles. The molecule has 0 aromatic carbocycles. The Kier molecular flexibility index (Phi) is 5.45. The van der Waals surface area contributed by atoms with Crippen molar-refractivity contribution in [2.45, 2.75) is 53.9 Å². The van der Waals surface area contributed by atoms with Crippen LogP contribution in [0.3, 0.4) is 0 Å². The fraction of sp³-hybridized carbons (Fsp3) is 0.550. The van der Waals surface area contributed by atoms with E-state index in [4.69, 9.17) is 4.74 Å².